The summed E-state index contributed by atoms with van der Waals surface area (Å²) in [4.78, 5) is 4.09. The SMILES string of the molecule is CCCNC(=NC)NCCc1ccc(F)cc1Cl. The molecular formula is C13H19ClFN3. The zero-order chi connectivity index (χ0) is 13.4. The second-order valence-corrected chi connectivity index (χ2v) is 4.32. The fourth-order valence-corrected chi connectivity index (χ4v) is 1.77. The van der Waals surface area contributed by atoms with Crippen LogP contribution in [-0.4, -0.2) is 26.1 Å². The van der Waals surface area contributed by atoms with Gasteiger partial charge in [-0.2, -0.15) is 0 Å². The molecule has 0 atom stereocenters. The maximum Gasteiger partial charge on any atom is 0.190 e. The maximum absolute atomic E-state index is 12.9. The highest BCUT2D eigenvalue weighted by Gasteiger charge is 2.02. The van der Waals surface area contributed by atoms with Crippen LogP contribution in [0.15, 0.2) is 23.2 Å². The third-order valence-electron chi connectivity index (χ3n) is 2.47. The van der Waals surface area contributed by atoms with Gasteiger partial charge in [-0.05, 0) is 30.5 Å². The maximum atomic E-state index is 12.9. The van der Waals surface area contributed by atoms with Crippen molar-refractivity contribution < 1.29 is 4.39 Å². The molecular weight excluding hydrogens is 253 g/mol. The van der Waals surface area contributed by atoms with Gasteiger partial charge in [0.25, 0.3) is 0 Å². The molecule has 1 rings (SSSR count). The van der Waals surface area contributed by atoms with Crippen LogP contribution >= 0.6 is 11.6 Å². The molecule has 100 valence electrons. The van der Waals surface area contributed by atoms with Gasteiger partial charge in [0.2, 0.25) is 0 Å². The molecule has 0 unspecified atom stereocenters. The summed E-state index contributed by atoms with van der Waals surface area (Å²) >= 11 is 5.95. The minimum atomic E-state index is -0.308. The van der Waals surface area contributed by atoms with Gasteiger partial charge in [0, 0.05) is 25.2 Å². The zero-order valence-electron chi connectivity index (χ0n) is 10.8. The van der Waals surface area contributed by atoms with E-state index in [4.69, 9.17) is 11.6 Å². The molecule has 0 radical (unpaired) electrons. The Kier molecular flexibility index (Phi) is 6.50. The van der Waals surface area contributed by atoms with E-state index in [0.717, 1.165) is 30.9 Å². The summed E-state index contributed by atoms with van der Waals surface area (Å²) in [6.45, 7) is 3.68. The van der Waals surface area contributed by atoms with E-state index in [1.807, 2.05) is 0 Å². The first-order valence-corrected chi connectivity index (χ1v) is 6.43. The van der Waals surface area contributed by atoms with Crippen molar-refractivity contribution in [2.24, 2.45) is 4.99 Å². The van der Waals surface area contributed by atoms with E-state index in [2.05, 4.69) is 22.5 Å². The van der Waals surface area contributed by atoms with Crippen LogP contribution in [0.3, 0.4) is 0 Å². The molecule has 0 bridgehead atoms. The molecule has 0 amide bonds. The molecule has 0 saturated carbocycles. The fourth-order valence-electron chi connectivity index (χ4n) is 1.50. The lowest BCUT2D eigenvalue weighted by Gasteiger charge is -2.11. The van der Waals surface area contributed by atoms with E-state index in [9.17, 15) is 4.39 Å². The molecule has 0 fully saturated rings. The van der Waals surface area contributed by atoms with Gasteiger partial charge in [0.1, 0.15) is 5.82 Å². The van der Waals surface area contributed by atoms with E-state index in [-0.39, 0.29) is 5.82 Å². The normalized spacial score (nSPS) is 11.4. The van der Waals surface area contributed by atoms with Crippen molar-refractivity contribution in [2.75, 3.05) is 20.1 Å². The van der Waals surface area contributed by atoms with Gasteiger partial charge >= 0.3 is 0 Å². The Hall–Kier alpha value is -1.29. The van der Waals surface area contributed by atoms with Crippen LogP contribution in [0, 0.1) is 5.82 Å². The Labute approximate surface area is 112 Å². The number of nitrogens with zero attached hydrogens (tertiary/aromatic N) is 1. The number of guanidine groups is 1. The minimum absolute atomic E-state index is 0.308. The Morgan fingerprint density at radius 3 is 2.67 bits per heavy atom. The third kappa shape index (κ3) is 4.92. The Morgan fingerprint density at radius 2 is 2.06 bits per heavy atom. The summed E-state index contributed by atoms with van der Waals surface area (Å²) in [5, 5.41) is 6.82. The molecule has 0 heterocycles. The molecule has 0 aliphatic carbocycles. The summed E-state index contributed by atoms with van der Waals surface area (Å²) in [5.74, 6) is 0.465. The van der Waals surface area contributed by atoms with Gasteiger partial charge in [-0.15, -0.1) is 0 Å². The van der Waals surface area contributed by atoms with Gasteiger partial charge in [-0.25, -0.2) is 4.39 Å². The Balaban J connectivity index is 2.41. The summed E-state index contributed by atoms with van der Waals surface area (Å²) < 4.78 is 12.9. The van der Waals surface area contributed by atoms with Crippen molar-refractivity contribution in [1.82, 2.24) is 10.6 Å². The Morgan fingerprint density at radius 1 is 1.33 bits per heavy atom. The molecule has 1 aromatic rings. The highest BCUT2D eigenvalue weighted by atomic mass is 35.5. The van der Waals surface area contributed by atoms with Gasteiger partial charge in [-0.3, -0.25) is 4.99 Å². The van der Waals surface area contributed by atoms with Crippen molar-refractivity contribution in [3.05, 3.63) is 34.6 Å². The first kappa shape index (κ1) is 14.8. The molecule has 0 aromatic heterocycles. The molecule has 0 saturated heterocycles. The molecule has 2 N–H and O–H groups in total. The molecule has 18 heavy (non-hydrogen) atoms. The largest absolute Gasteiger partial charge is 0.356 e. The van der Waals surface area contributed by atoms with Gasteiger partial charge in [0.15, 0.2) is 5.96 Å². The third-order valence-corrected chi connectivity index (χ3v) is 2.82. The molecule has 0 aliphatic rings. The summed E-state index contributed by atoms with van der Waals surface area (Å²) in [6.07, 6.45) is 1.77. The number of hydrogen-bond acceptors (Lipinski definition) is 1. The van der Waals surface area contributed by atoms with Crippen LogP contribution in [0.4, 0.5) is 4.39 Å². The number of nitrogens with one attached hydrogen (secondary N) is 2. The fraction of sp³-hybridized carbons (Fsp3) is 0.462. The van der Waals surface area contributed by atoms with Crippen molar-refractivity contribution in [3.8, 4) is 0 Å². The first-order chi connectivity index (χ1) is 8.67. The predicted octanol–water partition coefficient (Wildman–Crippen LogP) is 2.60. The molecule has 5 heteroatoms. The summed E-state index contributed by atoms with van der Waals surface area (Å²) in [5.41, 5.74) is 0.927. The second-order valence-electron chi connectivity index (χ2n) is 3.91. The second kappa shape index (κ2) is 7.93. The number of aliphatic imine (C=N–C) groups is 1. The smallest absolute Gasteiger partial charge is 0.190 e. The zero-order valence-corrected chi connectivity index (χ0v) is 11.5. The lowest BCUT2D eigenvalue weighted by atomic mass is 10.1. The van der Waals surface area contributed by atoms with E-state index in [1.54, 1.807) is 13.1 Å². The van der Waals surface area contributed by atoms with Crippen molar-refractivity contribution in [1.29, 1.82) is 0 Å². The van der Waals surface area contributed by atoms with Gasteiger partial charge in [-0.1, -0.05) is 24.6 Å². The van der Waals surface area contributed by atoms with E-state index in [0.29, 0.717) is 11.6 Å². The first-order valence-electron chi connectivity index (χ1n) is 6.05. The van der Waals surface area contributed by atoms with Gasteiger partial charge < -0.3 is 10.6 Å². The number of hydrogen-bond donors (Lipinski definition) is 2. The lowest BCUT2D eigenvalue weighted by Crippen LogP contribution is -2.38. The van der Waals surface area contributed by atoms with E-state index in [1.165, 1.54) is 12.1 Å². The monoisotopic (exact) mass is 271 g/mol. The van der Waals surface area contributed by atoms with Gasteiger partial charge in [0.05, 0.1) is 0 Å². The topological polar surface area (TPSA) is 36.4 Å². The van der Waals surface area contributed by atoms with Crippen LogP contribution in [-0.2, 0) is 6.42 Å². The number of benzene rings is 1. The highest BCUT2D eigenvalue weighted by molar-refractivity contribution is 6.31. The Bertz CT molecular complexity index is 407. The van der Waals surface area contributed by atoms with Crippen molar-refractivity contribution in [2.45, 2.75) is 19.8 Å². The summed E-state index contributed by atoms with van der Waals surface area (Å²) in [6, 6.07) is 4.47. The average molecular weight is 272 g/mol. The molecule has 0 aliphatic heterocycles. The lowest BCUT2D eigenvalue weighted by molar-refractivity contribution is 0.627. The van der Waals surface area contributed by atoms with Crippen LogP contribution in [0.5, 0.6) is 0 Å². The van der Waals surface area contributed by atoms with Crippen molar-refractivity contribution in [3.63, 3.8) is 0 Å². The van der Waals surface area contributed by atoms with Crippen LogP contribution in [0.1, 0.15) is 18.9 Å². The van der Waals surface area contributed by atoms with Crippen LogP contribution < -0.4 is 10.6 Å². The van der Waals surface area contributed by atoms with E-state index >= 15 is 0 Å². The number of halogens is 2. The summed E-state index contributed by atoms with van der Waals surface area (Å²) in [7, 11) is 1.73. The minimum Gasteiger partial charge on any atom is -0.356 e. The average Bonchev–Trinajstić information content (AvgIpc) is 2.36. The number of rotatable bonds is 5. The quantitative estimate of drug-likeness (QED) is 0.638. The van der Waals surface area contributed by atoms with E-state index < -0.39 is 0 Å². The van der Waals surface area contributed by atoms with Crippen LogP contribution in [0.25, 0.3) is 0 Å². The standard InChI is InChI=1S/C13H19ClFN3/c1-3-7-17-13(16-2)18-8-6-10-4-5-11(15)9-12(10)14/h4-5,9H,3,6-8H2,1-2H3,(H2,16,17,18). The van der Waals surface area contributed by atoms with Crippen LogP contribution in [0.2, 0.25) is 5.02 Å². The highest BCUT2D eigenvalue weighted by Crippen LogP contribution is 2.17. The van der Waals surface area contributed by atoms with Crippen molar-refractivity contribution >= 4 is 17.6 Å². The predicted molar refractivity (Wildman–Crippen MR) is 74.8 cm³/mol. The molecule has 0 spiro atoms. The molecule has 3 nitrogen and oxygen atoms in total. The molecule has 1 aromatic carbocycles.